The minimum absolute atomic E-state index is 0.0165. The summed E-state index contributed by atoms with van der Waals surface area (Å²) in [6.45, 7) is 2.46. The fourth-order valence-electron chi connectivity index (χ4n) is 2.95. The molecule has 5 nitrogen and oxygen atoms in total. The molecule has 1 aromatic heterocycles. The largest absolute Gasteiger partial charge is 0.396 e. The normalized spacial score (nSPS) is 16.4. The molecule has 0 saturated carbocycles. The van der Waals surface area contributed by atoms with E-state index in [4.69, 9.17) is 5.11 Å². The first kappa shape index (κ1) is 13.8. The summed E-state index contributed by atoms with van der Waals surface area (Å²) in [5.74, 6) is -0.372. The molecule has 1 aliphatic rings. The molecular formula is C16H18N2O3. The molecule has 3 rings (SSSR count). The molecule has 21 heavy (non-hydrogen) atoms. The molecular weight excluding hydrogens is 268 g/mol. The zero-order chi connectivity index (χ0) is 15.0. The summed E-state index contributed by atoms with van der Waals surface area (Å²) in [7, 11) is 0. The number of carbonyl (C=O) groups is 1. The number of aromatic nitrogens is 1. The van der Waals surface area contributed by atoms with E-state index in [0.717, 1.165) is 17.5 Å². The summed E-state index contributed by atoms with van der Waals surface area (Å²) in [5.41, 5.74) is 2.05. The van der Waals surface area contributed by atoms with Gasteiger partial charge in [0.15, 0.2) is 0 Å². The van der Waals surface area contributed by atoms with E-state index in [2.05, 4.69) is 12.2 Å². The highest BCUT2D eigenvalue weighted by molar-refractivity contribution is 5.98. The molecule has 5 heteroatoms. The first-order valence-electron chi connectivity index (χ1n) is 7.19. The Kier molecular flexibility index (Phi) is 3.51. The van der Waals surface area contributed by atoms with E-state index in [9.17, 15) is 9.59 Å². The van der Waals surface area contributed by atoms with Gasteiger partial charge in [-0.25, -0.2) is 0 Å². The summed E-state index contributed by atoms with van der Waals surface area (Å²) < 4.78 is 2.02. The highest BCUT2D eigenvalue weighted by atomic mass is 16.3. The van der Waals surface area contributed by atoms with Gasteiger partial charge in [0.25, 0.3) is 5.91 Å². The number of pyridine rings is 1. The van der Waals surface area contributed by atoms with Crippen molar-refractivity contribution in [2.75, 3.05) is 13.2 Å². The third-order valence-electron chi connectivity index (χ3n) is 3.99. The number of carbonyl (C=O) groups excluding carboxylic acids is 1. The lowest BCUT2D eigenvalue weighted by atomic mass is 10.1. The molecule has 1 amide bonds. The number of amides is 1. The molecule has 0 bridgehead atoms. The highest BCUT2D eigenvalue weighted by Gasteiger charge is 2.24. The van der Waals surface area contributed by atoms with Crippen molar-refractivity contribution in [2.45, 2.75) is 25.8 Å². The zero-order valence-corrected chi connectivity index (χ0v) is 11.9. The average molecular weight is 286 g/mol. The van der Waals surface area contributed by atoms with Crippen molar-refractivity contribution in [3.63, 3.8) is 0 Å². The maximum absolute atomic E-state index is 12.5. The van der Waals surface area contributed by atoms with E-state index in [-0.39, 0.29) is 29.5 Å². The number of nitrogens with one attached hydrogen (secondary N) is 1. The number of benzene rings is 1. The van der Waals surface area contributed by atoms with Gasteiger partial charge in [0.2, 0.25) is 5.43 Å². The molecule has 0 fully saturated rings. The molecule has 0 radical (unpaired) electrons. The maximum Gasteiger partial charge on any atom is 0.256 e. The van der Waals surface area contributed by atoms with E-state index in [1.807, 2.05) is 16.7 Å². The summed E-state index contributed by atoms with van der Waals surface area (Å²) in [4.78, 5) is 24.7. The number of rotatable bonds is 4. The lowest BCUT2D eigenvalue weighted by Gasteiger charge is -2.12. The highest BCUT2D eigenvalue weighted by Crippen LogP contribution is 2.30. The number of aliphatic hydroxyl groups excluding tert-OH is 1. The SMILES string of the molecule is C[C@@H]1Cc2cccc3c(=O)c(C(=O)NCCCO)cn1c23. The molecule has 0 aliphatic carbocycles. The Morgan fingerprint density at radius 2 is 2.29 bits per heavy atom. The van der Waals surface area contributed by atoms with Crippen molar-refractivity contribution >= 4 is 16.8 Å². The van der Waals surface area contributed by atoms with Crippen molar-refractivity contribution in [1.29, 1.82) is 0 Å². The van der Waals surface area contributed by atoms with Crippen LogP contribution >= 0.6 is 0 Å². The van der Waals surface area contributed by atoms with Gasteiger partial charge in [-0.05, 0) is 31.4 Å². The third-order valence-corrected chi connectivity index (χ3v) is 3.99. The number of hydrogen-bond acceptors (Lipinski definition) is 3. The first-order chi connectivity index (χ1) is 10.1. The van der Waals surface area contributed by atoms with Gasteiger partial charge in [0.1, 0.15) is 5.56 Å². The van der Waals surface area contributed by atoms with Gasteiger partial charge in [0.05, 0.1) is 5.52 Å². The van der Waals surface area contributed by atoms with Crippen LogP contribution in [-0.2, 0) is 6.42 Å². The van der Waals surface area contributed by atoms with E-state index in [1.165, 1.54) is 0 Å². The number of para-hydroxylation sites is 1. The Labute approximate surface area is 122 Å². The Balaban J connectivity index is 2.09. The zero-order valence-electron chi connectivity index (χ0n) is 11.9. The van der Waals surface area contributed by atoms with Crippen LogP contribution in [0.1, 0.15) is 35.3 Å². The van der Waals surface area contributed by atoms with E-state index in [1.54, 1.807) is 12.3 Å². The van der Waals surface area contributed by atoms with E-state index >= 15 is 0 Å². The Morgan fingerprint density at radius 1 is 1.48 bits per heavy atom. The van der Waals surface area contributed by atoms with Crippen LogP contribution < -0.4 is 10.7 Å². The van der Waals surface area contributed by atoms with Crippen molar-refractivity contribution in [3.05, 3.63) is 45.7 Å². The standard InChI is InChI=1S/C16H18N2O3/c1-10-8-11-4-2-5-12-14(11)18(10)9-13(15(12)20)16(21)17-6-3-7-19/h2,4-5,9-10,19H,3,6-8H2,1H3,(H,17,21)/t10-/m1/s1. The molecule has 2 heterocycles. The number of nitrogens with zero attached hydrogens (tertiary/aromatic N) is 1. The molecule has 1 aromatic carbocycles. The summed E-state index contributed by atoms with van der Waals surface area (Å²) in [6.07, 6.45) is 3.03. The fraction of sp³-hybridized carbons (Fsp3) is 0.375. The topological polar surface area (TPSA) is 71.3 Å². The van der Waals surface area contributed by atoms with Crippen LogP contribution in [0.5, 0.6) is 0 Å². The minimum Gasteiger partial charge on any atom is -0.396 e. The van der Waals surface area contributed by atoms with Crippen molar-refractivity contribution < 1.29 is 9.90 Å². The van der Waals surface area contributed by atoms with Crippen LogP contribution in [0.3, 0.4) is 0 Å². The lowest BCUT2D eigenvalue weighted by molar-refractivity contribution is 0.0949. The van der Waals surface area contributed by atoms with Crippen molar-refractivity contribution in [1.82, 2.24) is 9.88 Å². The molecule has 0 saturated heterocycles. The molecule has 110 valence electrons. The molecule has 2 aromatic rings. The number of hydrogen-bond donors (Lipinski definition) is 2. The minimum atomic E-state index is -0.372. The van der Waals surface area contributed by atoms with Gasteiger partial charge in [-0.2, -0.15) is 0 Å². The van der Waals surface area contributed by atoms with Gasteiger partial charge in [0, 0.05) is 30.8 Å². The second-order valence-corrected chi connectivity index (χ2v) is 5.48. The summed E-state index contributed by atoms with van der Waals surface area (Å²) in [6, 6.07) is 5.92. The molecule has 1 atom stereocenters. The fourth-order valence-corrected chi connectivity index (χ4v) is 2.95. The van der Waals surface area contributed by atoms with Gasteiger partial charge in [-0.3, -0.25) is 9.59 Å². The van der Waals surface area contributed by atoms with Crippen LogP contribution in [0, 0.1) is 0 Å². The molecule has 0 unspecified atom stereocenters. The average Bonchev–Trinajstić information content (AvgIpc) is 2.79. The van der Waals surface area contributed by atoms with E-state index < -0.39 is 0 Å². The van der Waals surface area contributed by atoms with Crippen LogP contribution in [0.25, 0.3) is 10.9 Å². The summed E-state index contributed by atoms with van der Waals surface area (Å²) >= 11 is 0. The number of aliphatic hydroxyl groups is 1. The predicted molar refractivity (Wildman–Crippen MR) is 80.7 cm³/mol. The van der Waals surface area contributed by atoms with Gasteiger partial charge in [-0.1, -0.05) is 12.1 Å². The quantitative estimate of drug-likeness (QED) is 0.830. The first-order valence-corrected chi connectivity index (χ1v) is 7.19. The Morgan fingerprint density at radius 3 is 3.05 bits per heavy atom. The van der Waals surface area contributed by atoms with Gasteiger partial charge < -0.3 is 15.0 Å². The smallest absolute Gasteiger partial charge is 0.256 e. The van der Waals surface area contributed by atoms with Crippen LogP contribution in [0.2, 0.25) is 0 Å². The monoisotopic (exact) mass is 286 g/mol. The predicted octanol–water partition coefficient (Wildman–Crippen LogP) is 1.23. The second kappa shape index (κ2) is 5.33. The maximum atomic E-state index is 12.5. The Bertz CT molecular complexity index is 764. The third kappa shape index (κ3) is 2.23. The van der Waals surface area contributed by atoms with Crippen LogP contribution in [0.15, 0.2) is 29.2 Å². The molecule has 0 spiro atoms. The van der Waals surface area contributed by atoms with Crippen LogP contribution in [-0.4, -0.2) is 28.7 Å². The van der Waals surface area contributed by atoms with Gasteiger partial charge >= 0.3 is 0 Å². The molecule has 1 aliphatic heterocycles. The van der Waals surface area contributed by atoms with Crippen molar-refractivity contribution in [2.24, 2.45) is 0 Å². The van der Waals surface area contributed by atoms with E-state index in [0.29, 0.717) is 18.4 Å². The summed E-state index contributed by atoms with van der Waals surface area (Å²) in [5, 5.41) is 12.0. The second-order valence-electron chi connectivity index (χ2n) is 5.48. The van der Waals surface area contributed by atoms with Crippen molar-refractivity contribution in [3.8, 4) is 0 Å². The van der Waals surface area contributed by atoms with Gasteiger partial charge in [-0.15, -0.1) is 0 Å². The Hall–Kier alpha value is -2.14. The lowest BCUT2D eigenvalue weighted by Crippen LogP contribution is -2.30. The molecule has 2 N–H and O–H groups in total. The van der Waals surface area contributed by atoms with Crippen LogP contribution in [0.4, 0.5) is 0 Å².